The van der Waals surface area contributed by atoms with Gasteiger partial charge >= 0.3 is 6.61 Å². The summed E-state index contributed by atoms with van der Waals surface area (Å²) in [6.45, 7) is -0.543. The second kappa shape index (κ2) is 8.48. The number of nitrogens with one attached hydrogen (secondary N) is 1. The molecule has 1 aromatic heterocycles. The Hall–Kier alpha value is -3.49. The van der Waals surface area contributed by atoms with E-state index in [1.165, 1.54) is 54.7 Å². The van der Waals surface area contributed by atoms with E-state index in [9.17, 15) is 22.4 Å². The van der Waals surface area contributed by atoms with Crippen molar-refractivity contribution in [3.05, 3.63) is 71.5 Å². The highest BCUT2D eigenvalue weighted by Gasteiger charge is 2.24. The third kappa shape index (κ3) is 5.11. The van der Waals surface area contributed by atoms with Gasteiger partial charge in [-0.05, 0) is 43.3 Å². The highest BCUT2D eigenvalue weighted by atomic mass is 19.3. The average molecular weight is 419 g/mol. The lowest BCUT2D eigenvalue weighted by molar-refractivity contribution is -0.0498. The number of ether oxygens (including phenoxy) is 1. The van der Waals surface area contributed by atoms with Crippen LogP contribution >= 0.6 is 0 Å². The maximum atomic E-state index is 13.5. The van der Waals surface area contributed by atoms with Crippen molar-refractivity contribution >= 4 is 11.6 Å². The molecule has 1 heterocycles. The van der Waals surface area contributed by atoms with E-state index >= 15 is 0 Å². The van der Waals surface area contributed by atoms with Gasteiger partial charge in [0.1, 0.15) is 5.75 Å². The summed E-state index contributed by atoms with van der Waals surface area (Å²) in [5, 5.41) is 2.56. The predicted molar refractivity (Wildman–Crippen MR) is 103 cm³/mol. The van der Waals surface area contributed by atoms with Crippen LogP contribution in [0.1, 0.15) is 28.5 Å². The number of carbonyl (C=O) groups excluding carboxylic acids is 1. The zero-order valence-electron chi connectivity index (χ0n) is 16.0. The van der Waals surface area contributed by atoms with Crippen LogP contribution in [0.3, 0.4) is 0 Å². The van der Waals surface area contributed by atoms with Gasteiger partial charge in [0.05, 0.1) is 11.3 Å². The molecule has 0 unspecified atom stereocenters. The lowest BCUT2D eigenvalue weighted by atomic mass is 10.1. The zero-order chi connectivity index (χ0) is 21.9. The lowest BCUT2D eigenvalue weighted by Gasteiger charge is -2.13. The number of halogens is 4. The molecular formula is C21H17F4N3O2. The van der Waals surface area contributed by atoms with Crippen LogP contribution in [-0.2, 0) is 5.92 Å². The predicted octanol–water partition coefficient (Wildman–Crippen LogP) is 5.42. The van der Waals surface area contributed by atoms with Crippen LogP contribution in [0.2, 0.25) is 0 Å². The number of carbonyl (C=O) groups is 1. The van der Waals surface area contributed by atoms with E-state index in [0.717, 1.165) is 6.92 Å². The fraction of sp³-hybridized carbons (Fsp3) is 0.190. The van der Waals surface area contributed by atoms with Gasteiger partial charge < -0.3 is 10.1 Å². The van der Waals surface area contributed by atoms with Gasteiger partial charge in [-0.1, -0.05) is 12.1 Å². The van der Waals surface area contributed by atoms with Crippen molar-refractivity contribution < 1.29 is 27.1 Å². The van der Waals surface area contributed by atoms with E-state index in [2.05, 4.69) is 20.0 Å². The largest absolute Gasteiger partial charge is 0.435 e. The summed E-state index contributed by atoms with van der Waals surface area (Å²) >= 11 is 0. The minimum absolute atomic E-state index is 0.00126. The molecule has 30 heavy (non-hydrogen) atoms. The minimum Gasteiger partial charge on any atom is -0.435 e. The van der Waals surface area contributed by atoms with Gasteiger partial charge in [-0.3, -0.25) is 4.79 Å². The van der Waals surface area contributed by atoms with E-state index < -0.39 is 18.4 Å². The molecule has 0 radical (unpaired) electrons. The van der Waals surface area contributed by atoms with Crippen molar-refractivity contribution in [1.82, 2.24) is 9.97 Å². The average Bonchev–Trinajstić information content (AvgIpc) is 2.67. The van der Waals surface area contributed by atoms with Crippen LogP contribution in [0.15, 0.2) is 54.7 Å². The summed E-state index contributed by atoms with van der Waals surface area (Å²) in [5.41, 5.74) is 1.08. The maximum absolute atomic E-state index is 13.5. The number of amides is 1. The number of rotatable bonds is 6. The summed E-state index contributed by atoms with van der Waals surface area (Å²) in [7, 11) is 0. The second-order valence-electron chi connectivity index (χ2n) is 6.52. The fourth-order valence-electron chi connectivity index (χ4n) is 2.68. The zero-order valence-corrected chi connectivity index (χ0v) is 16.0. The molecule has 5 nitrogen and oxygen atoms in total. The third-order valence-electron chi connectivity index (χ3n) is 4.19. The number of nitrogens with zero attached hydrogens (tertiary/aromatic N) is 2. The van der Waals surface area contributed by atoms with Crippen molar-refractivity contribution in [2.24, 2.45) is 0 Å². The molecule has 0 aliphatic heterocycles. The van der Waals surface area contributed by atoms with Crippen molar-refractivity contribution in [2.75, 3.05) is 5.32 Å². The minimum atomic E-state index is -3.03. The van der Waals surface area contributed by atoms with Crippen molar-refractivity contribution in [3.8, 4) is 17.1 Å². The SMILES string of the molecule is Cc1nc(-c2ccc(OC(F)F)cc2)ncc1C(=O)Nc1cccc(C(C)(F)F)c1. The number of anilines is 1. The van der Waals surface area contributed by atoms with Gasteiger partial charge in [-0.25, -0.2) is 18.7 Å². The number of aryl methyl sites for hydroxylation is 1. The van der Waals surface area contributed by atoms with Crippen LogP contribution in [0.4, 0.5) is 23.2 Å². The number of benzene rings is 2. The van der Waals surface area contributed by atoms with E-state index in [0.29, 0.717) is 17.1 Å². The summed E-state index contributed by atoms with van der Waals surface area (Å²) in [5.74, 6) is -3.28. The first-order chi connectivity index (χ1) is 14.1. The molecule has 0 aliphatic carbocycles. The van der Waals surface area contributed by atoms with Gasteiger partial charge in [0.2, 0.25) is 0 Å². The molecule has 9 heteroatoms. The Morgan fingerprint density at radius 2 is 1.83 bits per heavy atom. The van der Waals surface area contributed by atoms with Crippen LogP contribution in [0.25, 0.3) is 11.4 Å². The van der Waals surface area contributed by atoms with E-state index in [4.69, 9.17) is 0 Å². The number of hydrogen-bond donors (Lipinski definition) is 1. The quantitative estimate of drug-likeness (QED) is 0.542. The molecule has 1 amide bonds. The van der Waals surface area contributed by atoms with Crippen molar-refractivity contribution in [2.45, 2.75) is 26.4 Å². The number of alkyl halides is 4. The van der Waals surface area contributed by atoms with Crippen LogP contribution < -0.4 is 10.1 Å². The Kier molecular flexibility index (Phi) is 6.00. The van der Waals surface area contributed by atoms with Crippen LogP contribution in [0.5, 0.6) is 5.75 Å². The molecule has 0 spiro atoms. The van der Waals surface area contributed by atoms with Crippen molar-refractivity contribution in [1.29, 1.82) is 0 Å². The molecule has 0 atom stereocenters. The standard InChI is InChI=1S/C21H17F4N3O2/c1-12-17(19(29)28-15-5-3-4-14(10-15)21(2,24)25)11-26-18(27-12)13-6-8-16(9-7-13)30-20(22)23/h3-11,20H,1-2H3,(H,28,29). The highest BCUT2D eigenvalue weighted by Crippen LogP contribution is 2.29. The second-order valence-corrected chi connectivity index (χ2v) is 6.52. The van der Waals surface area contributed by atoms with E-state index in [1.54, 1.807) is 6.92 Å². The first kappa shape index (κ1) is 21.2. The number of aromatic nitrogens is 2. The molecule has 0 saturated carbocycles. The molecule has 3 rings (SSSR count). The van der Waals surface area contributed by atoms with Crippen LogP contribution in [-0.4, -0.2) is 22.5 Å². The third-order valence-corrected chi connectivity index (χ3v) is 4.19. The molecule has 2 aromatic carbocycles. The molecule has 156 valence electrons. The van der Waals surface area contributed by atoms with E-state index in [1.807, 2.05) is 0 Å². The first-order valence-electron chi connectivity index (χ1n) is 8.82. The molecule has 0 bridgehead atoms. The smallest absolute Gasteiger partial charge is 0.387 e. The van der Waals surface area contributed by atoms with Gasteiger partial charge in [0.25, 0.3) is 11.8 Å². The van der Waals surface area contributed by atoms with Crippen molar-refractivity contribution in [3.63, 3.8) is 0 Å². The number of hydrogen-bond acceptors (Lipinski definition) is 4. The van der Waals surface area contributed by atoms with Gasteiger partial charge in [0, 0.05) is 29.9 Å². The molecule has 0 aliphatic rings. The Balaban J connectivity index is 1.77. The van der Waals surface area contributed by atoms with Gasteiger partial charge in [-0.15, -0.1) is 0 Å². The Labute approximate surface area is 169 Å². The van der Waals surface area contributed by atoms with Gasteiger partial charge in [0.15, 0.2) is 5.82 Å². The topological polar surface area (TPSA) is 64.1 Å². The lowest BCUT2D eigenvalue weighted by Crippen LogP contribution is -2.16. The Bertz CT molecular complexity index is 1050. The maximum Gasteiger partial charge on any atom is 0.387 e. The molecule has 0 fully saturated rings. The summed E-state index contributed by atoms with van der Waals surface area (Å²) in [6, 6.07) is 11.2. The molecule has 1 N–H and O–H groups in total. The molecule has 3 aromatic rings. The Morgan fingerprint density at radius 1 is 1.13 bits per heavy atom. The first-order valence-corrected chi connectivity index (χ1v) is 8.82. The Morgan fingerprint density at radius 3 is 2.43 bits per heavy atom. The van der Waals surface area contributed by atoms with Gasteiger partial charge in [-0.2, -0.15) is 8.78 Å². The molecular weight excluding hydrogens is 402 g/mol. The normalized spacial score (nSPS) is 11.4. The fourth-order valence-corrected chi connectivity index (χ4v) is 2.68. The summed E-state index contributed by atoms with van der Waals surface area (Å²) in [6.07, 6.45) is 1.31. The highest BCUT2D eigenvalue weighted by molar-refractivity contribution is 6.04. The summed E-state index contributed by atoms with van der Waals surface area (Å²) < 4.78 is 55.7. The van der Waals surface area contributed by atoms with Crippen LogP contribution in [0, 0.1) is 6.92 Å². The molecule has 0 saturated heterocycles. The monoisotopic (exact) mass is 419 g/mol. The van der Waals surface area contributed by atoms with E-state index in [-0.39, 0.29) is 22.6 Å². The summed E-state index contributed by atoms with van der Waals surface area (Å²) in [4.78, 5) is 20.9.